The van der Waals surface area contributed by atoms with Crippen LogP contribution in [0.3, 0.4) is 0 Å². The molecule has 0 saturated carbocycles. The van der Waals surface area contributed by atoms with E-state index in [4.69, 9.17) is 25.8 Å². The molecule has 1 heterocycles. The summed E-state index contributed by atoms with van der Waals surface area (Å²) in [5, 5.41) is 11.6. The highest BCUT2D eigenvalue weighted by molar-refractivity contribution is 6.32. The number of amides is 3. The van der Waals surface area contributed by atoms with Crippen LogP contribution in [0.15, 0.2) is 54.6 Å². The normalized spacial score (nSPS) is 15.9. The maximum Gasteiger partial charge on any atom is 0.460 e. The highest BCUT2D eigenvalue weighted by Crippen LogP contribution is 2.64. The van der Waals surface area contributed by atoms with Crippen LogP contribution in [0.1, 0.15) is 46.0 Å². The van der Waals surface area contributed by atoms with Crippen molar-refractivity contribution in [1.29, 1.82) is 0 Å². The Balaban J connectivity index is 1.60. The monoisotopic (exact) mass is 999 g/mol. The number of ether oxygens (including phenoxy) is 3. The highest BCUT2D eigenvalue weighted by atomic mass is 35.5. The second-order valence-electron chi connectivity index (χ2n) is 13.9. The Morgan fingerprint density at radius 3 is 1.74 bits per heavy atom. The van der Waals surface area contributed by atoms with Crippen molar-refractivity contribution >= 4 is 40.7 Å². The lowest BCUT2D eigenvalue weighted by Gasteiger charge is -2.42. The number of alkyl halides is 17. The van der Waals surface area contributed by atoms with Crippen molar-refractivity contribution in [1.82, 2.24) is 4.90 Å². The number of rotatable bonds is 17. The van der Waals surface area contributed by atoms with Gasteiger partial charge in [-0.15, -0.1) is 0 Å². The number of carbonyl (C=O) groups excluding carboxylic acids is 3. The smallest absolute Gasteiger partial charge is 0.460 e. The van der Waals surface area contributed by atoms with Gasteiger partial charge in [-0.25, -0.2) is 4.90 Å². The summed E-state index contributed by atoms with van der Waals surface area (Å²) in [6, 6.07) is 8.12. The molecule has 0 saturated heterocycles. The predicted molar refractivity (Wildman–Crippen MR) is 191 cm³/mol. The molecule has 364 valence electrons. The summed E-state index contributed by atoms with van der Waals surface area (Å²) in [5.74, 6) is -61.8. The number of carbonyl (C=O) groups is 3. The number of halogens is 18. The van der Waals surface area contributed by atoms with Gasteiger partial charge < -0.3 is 19.1 Å². The lowest BCUT2D eigenvalue weighted by molar-refractivity contribution is -0.461. The minimum Gasteiger partial charge on any atom is -0.496 e. The third-order valence-electron chi connectivity index (χ3n) is 9.87. The molecule has 0 spiro atoms. The van der Waals surface area contributed by atoms with E-state index < -0.39 is 119 Å². The summed E-state index contributed by atoms with van der Waals surface area (Å²) in [7, 11) is 1.98. The Labute approximate surface area is 363 Å². The molecule has 0 N–H and O–H groups in total. The fourth-order valence-electron chi connectivity index (χ4n) is 6.20. The third kappa shape index (κ3) is 8.54. The molecule has 0 radical (unpaired) electrons. The molecule has 3 amide bonds. The van der Waals surface area contributed by atoms with Crippen molar-refractivity contribution in [2.75, 3.05) is 25.7 Å². The van der Waals surface area contributed by atoms with E-state index >= 15 is 0 Å². The topological polar surface area (TPSA) is 129 Å². The van der Waals surface area contributed by atoms with E-state index in [1.165, 1.54) is 18.2 Å². The molecule has 1 aliphatic rings. The van der Waals surface area contributed by atoms with E-state index in [1.807, 2.05) is 0 Å². The Kier molecular flexibility index (Phi) is 14.2. The standard InChI is InChI=1S/C37H27ClF17N3O8/c1-17-27(59)57(29(61)20-7-4-5-8-24(20)58(62)63)23-10-9-18(38)13-21(23)28(60)56(17)16-22-25(64-2)14-19(15-26(22)65-3)66-12-6-11-30(39,40)31(41,42)32(43,44)33(45,46)34(47,48)35(49,50)36(51,52)37(53,54)55/h4-5,7-10,13-15,17H,6,11-12,16H2,1-3H3. The van der Waals surface area contributed by atoms with Crippen LogP contribution in [0, 0.1) is 10.1 Å². The second kappa shape index (κ2) is 17.8. The molecular weight excluding hydrogens is 973 g/mol. The maximum absolute atomic E-state index is 14.5. The summed E-state index contributed by atoms with van der Waals surface area (Å²) in [5.41, 5.74) is -2.10. The van der Waals surface area contributed by atoms with Gasteiger partial charge >= 0.3 is 47.6 Å². The Morgan fingerprint density at radius 1 is 0.742 bits per heavy atom. The maximum atomic E-state index is 14.5. The summed E-state index contributed by atoms with van der Waals surface area (Å²) in [6.07, 6.45) is -12.2. The van der Waals surface area contributed by atoms with Crippen LogP contribution >= 0.6 is 11.6 Å². The van der Waals surface area contributed by atoms with Gasteiger partial charge in [-0.2, -0.15) is 74.6 Å². The fraction of sp³-hybridized carbons (Fsp3) is 0.432. The van der Waals surface area contributed by atoms with Crippen LogP contribution in [-0.4, -0.2) is 102 Å². The Bertz CT molecular complexity index is 2360. The first-order valence-electron chi connectivity index (χ1n) is 17.8. The van der Waals surface area contributed by atoms with Gasteiger partial charge in [-0.3, -0.25) is 24.5 Å². The van der Waals surface area contributed by atoms with E-state index in [9.17, 15) is 99.1 Å². The average Bonchev–Trinajstić information content (AvgIpc) is 3.29. The zero-order valence-electron chi connectivity index (χ0n) is 33.0. The third-order valence-corrected chi connectivity index (χ3v) is 10.1. The van der Waals surface area contributed by atoms with Gasteiger partial charge in [0.15, 0.2) is 0 Å². The summed E-state index contributed by atoms with van der Waals surface area (Å²) < 4.78 is 248. The van der Waals surface area contributed by atoms with E-state index in [1.54, 1.807) is 0 Å². The summed E-state index contributed by atoms with van der Waals surface area (Å²) >= 11 is 6.14. The minimum absolute atomic E-state index is 0.0784. The van der Waals surface area contributed by atoms with Gasteiger partial charge in [0, 0.05) is 29.6 Å². The first kappa shape index (κ1) is 52.8. The van der Waals surface area contributed by atoms with Gasteiger partial charge in [-0.1, -0.05) is 23.7 Å². The predicted octanol–water partition coefficient (Wildman–Crippen LogP) is 10.7. The number of hydrogen-bond donors (Lipinski definition) is 0. The average molecular weight is 1000 g/mol. The molecule has 11 nitrogen and oxygen atoms in total. The van der Waals surface area contributed by atoms with Gasteiger partial charge in [0.2, 0.25) is 0 Å². The molecule has 1 aliphatic heterocycles. The number of nitro groups is 1. The number of benzene rings is 3. The van der Waals surface area contributed by atoms with Crippen LogP contribution in [0.4, 0.5) is 86.0 Å². The van der Waals surface area contributed by atoms with Crippen LogP contribution in [0.2, 0.25) is 5.02 Å². The van der Waals surface area contributed by atoms with Crippen molar-refractivity contribution in [3.05, 3.63) is 86.4 Å². The molecule has 1 unspecified atom stereocenters. The minimum atomic E-state index is -8.76. The number of hydrogen-bond acceptors (Lipinski definition) is 8. The molecule has 4 rings (SSSR count). The van der Waals surface area contributed by atoms with E-state index in [2.05, 4.69) is 0 Å². The van der Waals surface area contributed by atoms with Crippen molar-refractivity contribution < 1.29 is 108 Å². The molecule has 3 aromatic rings. The largest absolute Gasteiger partial charge is 0.496 e. The van der Waals surface area contributed by atoms with Crippen LogP contribution < -0.4 is 19.1 Å². The molecule has 0 bridgehead atoms. The van der Waals surface area contributed by atoms with Crippen molar-refractivity contribution in [3.8, 4) is 17.2 Å². The molecule has 66 heavy (non-hydrogen) atoms. The quantitative estimate of drug-likeness (QED) is 0.0430. The lowest BCUT2D eigenvalue weighted by Crippen LogP contribution is -2.74. The van der Waals surface area contributed by atoms with E-state index in [0.717, 1.165) is 62.4 Å². The molecular formula is C37H27ClF17N3O8. The van der Waals surface area contributed by atoms with E-state index in [0.29, 0.717) is 4.90 Å². The number of anilines is 1. The van der Waals surface area contributed by atoms with Gasteiger partial charge in [0.25, 0.3) is 23.4 Å². The molecule has 0 aromatic heterocycles. The highest BCUT2D eigenvalue weighted by Gasteiger charge is 2.95. The lowest BCUT2D eigenvalue weighted by atomic mass is 9.88. The van der Waals surface area contributed by atoms with Crippen molar-refractivity contribution in [2.24, 2.45) is 0 Å². The fourth-order valence-corrected chi connectivity index (χ4v) is 6.38. The van der Waals surface area contributed by atoms with Gasteiger partial charge in [0.1, 0.15) is 28.9 Å². The first-order valence-corrected chi connectivity index (χ1v) is 18.2. The van der Waals surface area contributed by atoms with Crippen LogP contribution in [-0.2, 0) is 11.3 Å². The number of nitro benzene ring substituents is 1. The zero-order valence-corrected chi connectivity index (χ0v) is 33.8. The molecule has 3 aromatic carbocycles. The van der Waals surface area contributed by atoms with Gasteiger partial charge in [-0.05, 0) is 37.6 Å². The SMILES string of the molecule is COc1cc(OCCCC(F)(F)C(F)(F)C(F)(F)C(F)(F)C(F)(F)C(F)(F)C(F)(F)C(F)(F)F)cc(OC)c1CN1C(=O)c2cc(Cl)ccc2N(C(=O)c2ccccc2[N+](=O)[O-])C(=O)C1C. The van der Waals surface area contributed by atoms with Crippen molar-refractivity contribution in [2.45, 2.75) is 80.0 Å². The van der Waals surface area contributed by atoms with Gasteiger partial charge in [0.05, 0.1) is 49.1 Å². The first-order chi connectivity index (χ1) is 30.0. The molecule has 1 atom stereocenters. The number of para-hydroxylation sites is 1. The molecule has 29 heteroatoms. The number of nitrogens with zero attached hydrogens (tertiary/aromatic N) is 3. The van der Waals surface area contributed by atoms with Crippen molar-refractivity contribution in [3.63, 3.8) is 0 Å². The number of methoxy groups -OCH3 is 2. The Hall–Kier alpha value is -5.83. The second-order valence-corrected chi connectivity index (χ2v) is 14.4. The van der Waals surface area contributed by atoms with Crippen LogP contribution in [0.5, 0.6) is 17.2 Å². The summed E-state index contributed by atoms with van der Waals surface area (Å²) in [4.78, 5) is 54.2. The summed E-state index contributed by atoms with van der Waals surface area (Å²) in [6.45, 7) is -0.813. The number of imide groups is 1. The van der Waals surface area contributed by atoms with Crippen LogP contribution in [0.25, 0.3) is 0 Å². The number of fused-ring (bicyclic) bond motifs is 1. The Morgan fingerprint density at radius 2 is 1.24 bits per heavy atom. The zero-order chi connectivity index (χ0) is 50.6. The molecule has 0 aliphatic carbocycles. The van der Waals surface area contributed by atoms with E-state index in [-0.39, 0.29) is 33.3 Å². The molecule has 0 fully saturated rings.